The highest BCUT2D eigenvalue weighted by molar-refractivity contribution is 7.93. The Bertz CT molecular complexity index is 693. The van der Waals surface area contributed by atoms with Crippen molar-refractivity contribution in [1.82, 2.24) is 0 Å². The summed E-state index contributed by atoms with van der Waals surface area (Å²) in [7, 11) is -4.10. The second-order valence-electron chi connectivity index (χ2n) is 4.46. The zero-order chi connectivity index (χ0) is 18.4. The Labute approximate surface area is 142 Å². The lowest BCUT2D eigenvalue weighted by Crippen LogP contribution is -2.30. The number of rotatable bonds is 8. The Morgan fingerprint density at radius 1 is 1.33 bits per heavy atom. The van der Waals surface area contributed by atoms with Gasteiger partial charge in [0.05, 0.1) is 18.0 Å². The fraction of sp³-hybridized carbons (Fsp3) is 0.462. The number of alkyl halides is 3. The van der Waals surface area contributed by atoms with Crippen LogP contribution in [0.15, 0.2) is 23.4 Å². The second-order valence-corrected chi connectivity index (χ2v) is 6.57. The van der Waals surface area contributed by atoms with Gasteiger partial charge in [-0.25, -0.2) is 0 Å². The van der Waals surface area contributed by atoms with Gasteiger partial charge in [0.2, 0.25) is 0 Å². The first-order chi connectivity index (χ1) is 11.1. The Morgan fingerprint density at radius 2 is 2.00 bits per heavy atom. The molecule has 0 unspecified atom stereocenters. The zero-order valence-electron chi connectivity index (χ0n) is 12.9. The number of oxime groups is 1. The van der Waals surface area contributed by atoms with Crippen LogP contribution in [0.2, 0.25) is 5.02 Å². The van der Waals surface area contributed by atoms with Gasteiger partial charge in [-0.1, -0.05) is 23.7 Å². The van der Waals surface area contributed by atoms with Gasteiger partial charge in [-0.15, -0.1) is 0 Å². The quantitative estimate of drug-likeness (QED) is 0.421. The molecule has 24 heavy (non-hydrogen) atoms. The number of sulfonamides is 1. The minimum absolute atomic E-state index is 0.0928. The first-order valence-corrected chi connectivity index (χ1v) is 8.55. The molecule has 0 fully saturated rings. The van der Waals surface area contributed by atoms with E-state index in [1.165, 1.54) is 24.0 Å². The number of ether oxygens (including phenoxy) is 1. The molecule has 1 rings (SSSR count). The molecule has 0 aliphatic carbocycles. The molecule has 0 spiro atoms. The molecule has 0 saturated carbocycles. The average molecular weight is 389 g/mol. The monoisotopic (exact) mass is 388 g/mol. The van der Waals surface area contributed by atoms with Crippen molar-refractivity contribution in [3.63, 3.8) is 0 Å². The van der Waals surface area contributed by atoms with Crippen molar-refractivity contribution in [3.8, 4) is 0 Å². The molecule has 0 aromatic heterocycles. The van der Waals surface area contributed by atoms with Crippen LogP contribution in [0.5, 0.6) is 0 Å². The number of nitrogens with one attached hydrogen (secondary N) is 1. The number of hydrogen-bond donors (Lipinski definition) is 1. The van der Waals surface area contributed by atoms with Gasteiger partial charge in [0.25, 0.3) is 0 Å². The lowest BCUT2D eigenvalue weighted by molar-refractivity contribution is -0.0429. The van der Waals surface area contributed by atoms with E-state index < -0.39 is 15.5 Å². The van der Waals surface area contributed by atoms with Crippen LogP contribution >= 0.6 is 11.6 Å². The van der Waals surface area contributed by atoms with Gasteiger partial charge in [0, 0.05) is 17.7 Å². The lowest BCUT2D eigenvalue weighted by Gasteiger charge is -2.15. The molecule has 0 bridgehead atoms. The van der Waals surface area contributed by atoms with Gasteiger partial charge in [0.1, 0.15) is 6.61 Å². The minimum atomic E-state index is -5.57. The van der Waals surface area contributed by atoms with Crippen LogP contribution in [0.1, 0.15) is 18.9 Å². The van der Waals surface area contributed by atoms with E-state index >= 15 is 0 Å². The molecule has 0 atom stereocenters. The van der Waals surface area contributed by atoms with Crippen LogP contribution in [-0.2, 0) is 19.6 Å². The molecule has 0 radical (unpaired) electrons. The molecule has 136 valence electrons. The molecule has 0 saturated heterocycles. The van der Waals surface area contributed by atoms with Crippen molar-refractivity contribution in [2.45, 2.75) is 18.9 Å². The van der Waals surface area contributed by atoms with E-state index in [4.69, 9.17) is 21.2 Å². The van der Waals surface area contributed by atoms with E-state index in [1.807, 2.05) is 0 Å². The maximum Gasteiger partial charge on any atom is 0.516 e. The van der Waals surface area contributed by atoms with E-state index in [-0.39, 0.29) is 41.6 Å². The largest absolute Gasteiger partial charge is 0.516 e. The summed E-state index contributed by atoms with van der Waals surface area (Å²) >= 11 is 5.85. The van der Waals surface area contributed by atoms with Gasteiger partial charge in [-0.3, -0.25) is 4.72 Å². The third-order valence-electron chi connectivity index (χ3n) is 2.73. The Hall–Kier alpha value is -1.52. The first kappa shape index (κ1) is 20.5. The van der Waals surface area contributed by atoms with Crippen molar-refractivity contribution in [3.05, 3.63) is 28.8 Å². The van der Waals surface area contributed by atoms with E-state index in [9.17, 15) is 21.6 Å². The fourth-order valence-electron chi connectivity index (χ4n) is 1.60. The van der Waals surface area contributed by atoms with Gasteiger partial charge in [-0.05, 0) is 24.6 Å². The van der Waals surface area contributed by atoms with Crippen LogP contribution in [0, 0.1) is 0 Å². The van der Waals surface area contributed by atoms with Crippen LogP contribution < -0.4 is 4.72 Å². The molecule has 11 heteroatoms. The van der Waals surface area contributed by atoms with Crippen molar-refractivity contribution in [1.29, 1.82) is 0 Å². The molecule has 6 nitrogen and oxygen atoms in total. The summed E-state index contributed by atoms with van der Waals surface area (Å²) in [5, 5.41) is 4.01. The summed E-state index contributed by atoms with van der Waals surface area (Å²) in [5.74, 6) is 0. The summed E-state index contributed by atoms with van der Waals surface area (Å²) in [4.78, 5) is 4.99. The highest BCUT2D eigenvalue weighted by Gasteiger charge is 2.46. The summed E-state index contributed by atoms with van der Waals surface area (Å²) in [6.45, 7) is 2.08. The molecule has 0 amide bonds. The molecule has 1 N–H and O–H groups in total. The standard InChI is InChI=1S/C13H16ClF3N2O4S/c1-3-11(18-23-7-6-22-2)10-8-9(14)4-5-12(10)19-24(20,21)13(15,16)17/h4-5,8,19H,3,6-7H2,1-2H3. The van der Waals surface area contributed by atoms with E-state index in [0.29, 0.717) is 0 Å². The smallest absolute Gasteiger partial charge is 0.393 e. The van der Waals surface area contributed by atoms with E-state index in [0.717, 1.165) is 6.07 Å². The second kappa shape index (κ2) is 8.54. The maximum atomic E-state index is 12.6. The number of anilines is 1. The van der Waals surface area contributed by atoms with Crippen molar-refractivity contribution in [2.75, 3.05) is 25.0 Å². The Kier molecular flexibility index (Phi) is 7.30. The van der Waals surface area contributed by atoms with Gasteiger partial charge >= 0.3 is 15.5 Å². The molecule has 0 aliphatic rings. The molecule has 1 aromatic carbocycles. The predicted molar refractivity (Wildman–Crippen MR) is 84.7 cm³/mol. The lowest BCUT2D eigenvalue weighted by atomic mass is 10.1. The van der Waals surface area contributed by atoms with Gasteiger partial charge in [-0.2, -0.15) is 21.6 Å². The molecular weight excluding hydrogens is 373 g/mol. The minimum Gasteiger partial charge on any atom is -0.393 e. The Morgan fingerprint density at radius 3 is 2.54 bits per heavy atom. The number of hydrogen-bond acceptors (Lipinski definition) is 5. The van der Waals surface area contributed by atoms with Crippen LogP contribution in [0.25, 0.3) is 0 Å². The van der Waals surface area contributed by atoms with Crippen LogP contribution in [0.4, 0.5) is 18.9 Å². The summed E-state index contributed by atoms with van der Waals surface area (Å²) in [5.41, 5.74) is -5.42. The van der Waals surface area contributed by atoms with Crippen molar-refractivity contribution in [2.24, 2.45) is 5.16 Å². The third-order valence-corrected chi connectivity index (χ3v) is 4.06. The SMILES string of the molecule is CCC(=NOCCOC)c1cc(Cl)ccc1NS(=O)(=O)C(F)(F)F. The highest BCUT2D eigenvalue weighted by Crippen LogP contribution is 2.29. The molecule has 0 heterocycles. The number of benzene rings is 1. The number of halogens is 4. The maximum absolute atomic E-state index is 12.6. The van der Waals surface area contributed by atoms with E-state index in [2.05, 4.69) is 5.16 Å². The number of methoxy groups -OCH3 is 1. The molecule has 1 aromatic rings. The first-order valence-electron chi connectivity index (χ1n) is 6.69. The average Bonchev–Trinajstić information content (AvgIpc) is 2.48. The number of nitrogens with zero attached hydrogens (tertiary/aromatic N) is 1. The van der Waals surface area contributed by atoms with Crippen LogP contribution in [-0.4, -0.2) is 40.0 Å². The summed E-state index contributed by atoms with van der Waals surface area (Å²) in [6.07, 6.45) is 0.272. The predicted octanol–water partition coefficient (Wildman–Crippen LogP) is 3.38. The Balaban J connectivity index is 3.20. The normalized spacial score (nSPS) is 13.0. The third kappa shape index (κ3) is 5.53. The fourth-order valence-corrected chi connectivity index (χ4v) is 2.35. The van der Waals surface area contributed by atoms with Crippen LogP contribution in [0.3, 0.4) is 0 Å². The van der Waals surface area contributed by atoms with Gasteiger partial charge in [0.15, 0.2) is 0 Å². The molecule has 0 aliphatic heterocycles. The highest BCUT2D eigenvalue weighted by atomic mass is 35.5. The zero-order valence-corrected chi connectivity index (χ0v) is 14.4. The topological polar surface area (TPSA) is 77.0 Å². The molecular formula is C13H16ClF3N2O4S. The van der Waals surface area contributed by atoms with E-state index in [1.54, 1.807) is 6.92 Å². The van der Waals surface area contributed by atoms with Crippen molar-refractivity contribution < 1.29 is 31.2 Å². The van der Waals surface area contributed by atoms with Gasteiger partial charge < -0.3 is 9.57 Å². The summed E-state index contributed by atoms with van der Waals surface area (Å²) in [6, 6.07) is 3.69. The summed E-state index contributed by atoms with van der Waals surface area (Å²) < 4.78 is 66.6. The van der Waals surface area contributed by atoms with Crippen molar-refractivity contribution >= 4 is 33.0 Å².